The molecule has 0 aromatic heterocycles. The fourth-order valence-corrected chi connectivity index (χ4v) is 10.4. The maximum Gasteiger partial charge on any atom is 0.307 e. The van der Waals surface area contributed by atoms with Gasteiger partial charge in [-0.2, -0.15) is 0 Å². The Bertz CT molecular complexity index is 817. The van der Waals surface area contributed by atoms with Crippen molar-refractivity contribution in [2.75, 3.05) is 0 Å². The van der Waals surface area contributed by atoms with E-state index >= 15 is 0 Å². The first-order valence-corrected chi connectivity index (χ1v) is 21.0. The van der Waals surface area contributed by atoms with Crippen LogP contribution in [0.4, 0.5) is 0 Å². The summed E-state index contributed by atoms with van der Waals surface area (Å²) < 4.78 is 14.2. The number of carbonyl (C=O) groups is 1. The molecule has 6 heteroatoms. The van der Waals surface area contributed by atoms with E-state index < -0.39 is 22.6 Å². The zero-order valence-corrected chi connectivity index (χ0v) is 27.9. The van der Waals surface area contributed by atoms with Gasteiger partial charge in [0.1, 0.15) is 0 Å². The van der Waals surface area contributed by atoms with Gasteiger partial charge in [0, 0.05) is 12.0 Å². The summed E-state index contributed by atoms with van der Waals surface area (Å²) in [7, 11) is -3.52. The maximum atomic E-state index is 10.8. The highest BCUT2D eigenvalue weighted by atomic mass is 28.4. The molecule has 0 aromatic rings. The van der Waals surface area contributed by atoms with E-state index in [1.54, 1.807) is 11.6 Å². The van der Waals surface area contributed by atoms with E-state index in [0.717, 1.165) is 32.1 Å². The van der Waals surface area contributed by atoms with Crippen LogP contribution in [0.25, 0.3) is 0 Å². The third-order valence-corrected chi connectivity index (χ3v) is 19.1. The molecule has 3 atom stereocenters. The van der Waals surface area contributed by atoms with E-state index in [1.807, 2.05) is 6.08 Å². The molecule has 1 fully saturated rings. The molecule has 2 aliphatic carbocycles. The maximum absolute atomic E-state index is 10.8. The van der Waals surface area contributed by atoms with Crippen LogP contribution in [0.5, 0.6) is 0 Å². The van der Waals surface area contributed by atoms with E-state index in [2.05, 4.69) is 66.4 Å². The molecular weight excluding hydrogens is 505 g/mol. The molecule has 1 N–H and O–H groups in total. The number of carboxylic acid groups (broad SMARTS) is 1. The molecule has 0 radical (unpaired) electrons. The molecular formula is C32H58O4Si2. The van der Waals surface area contributed by atoms with Crippen molar-refractivity contribution < 1.29 is 18.8 Å². The monoisotopic (exact) mass is 562 g/mol. The first-order chi connectivity index (χ1) is 17.9. The summed E-state index contributed by atoms with van der Waals surface area (Å²) in [6.07, 6.45) is 17.4. The van der Waals surface area contributed by atoms with E-state index in [0.29, 0.717) is 24.0 Å². The zero-order chi connectivity index (χ0) is 28.4. The smallest absolute Gasteiger partial charge is 0.307 e. The van der Waals surface area contributed by atoms with Crippen molar-refractivity contribution in [1.82, 2.24) is 0 Å². The third kappa shape index (κ3) is 9.62. The molecule has 2 rings (SSSR count). The summed E-state index contributed by atoms with van der Waals surface area (Å²) in [4.78, 5) is 10.8. The number of hydrogen-bond donors (Lipinski definition) is 1. The number of aliphatic carboxylic acids is 1. The topological polar surface area (TPSA) is 55.8 Å². The minimum atomic E-state index is -1.83. The van der Waals surface area contributed by atoms with Gasteiger partial charge in [-0.1, -0.05) is 66.0 Å². The lowest BCUT2D eigenvalue weighted by atomic mass is 9.88. The van der Waals surface area contributed by atoms with Crippen LogP contribution in [-0.2, 0) is 13.6 Å². The standard InChI is InChI=1S/C32H58O4Si2/c1-9-38(10-2,11-3)36-30-25-23-26(28(30)20-14-12-13-15-21-31(33)34)22-24-29(27-18-16-17-19-27)35-37(7,8)32(4,5)6/h12,15,23,27-30H,9-11,14,16-22,24-25H2,1-8H3,(H,33,34)/t13?,28-,29+,30+/m1/s1. The van der Waals surface area contributed by atoms with Crippen LogP contribution in [0.1, 0.15) is 106 Å². The van der Waals surface area contributed by atoms with E-state index in [4.69, 9.17) is 14.0 Å². The van der Waals surface area contributed by atoms with Crippen LogP contribution >= 0.6 is 0 Å². The Morgan fingerprint density at radius 2 is 1.76 bits per heavy atom. The number of rotatable bonds is 16. The second-order valence-electron chi connectivity index (χ2n) is 13.3. The highest BCUT2D eigenvalue weighted by Gasteiger charge is 2.42. The molecule has 1 saturated carbocycles. The average molecular weight is 563 g/mol. The Morgan fingerprint density at radius 3 is 2.32 bits per heavy atom. The van der Waals surface area contributed by atoms with E-state index in [-0.39, 0.29) is 11.5 Å². The normalized spacial score (nSPS) is 21.7. The molecule has 0 aromatic carbocycles. The van der Waals surface area contributed by atoms with Crippen molar-refractivity contribution in [3.05, 3.63) is 29.5 Å². The molecule has 218 valence electrons. The van der Waals surface area contributed by atoms with Gasteiger partial charge in [-0.05, 0) is 99.3 Å². The highest BCUT2D eigenvalue weighted by molar-refractivity contribution is 6.74. The van der Waals surface area contributed by atoms with Crippen molar-refractivity contribution in [3.8, 4) is 0 Å². The van der Waals surface area contributed by atoms with Gasteiger partial charge in [0.15, 0.2) is 16.6 Å². The van der Waals surface area contributed by atoms with E-state index in [9.17, 15) is 4.79 Å². The fourth-order valence-electron chi connectivity index (χ4n) is 6.09. The molecule has 0 aliphatic heterocycles. The third-order valence-electron chi connectivity index (χ3n) is 9.90. The van der Waals surface area contributed by atoms with Gasteiger partial charge in [-0.3, -0.25) is 4.79 Å². The van der Waals surface area contributed by atoms with Crippen molar-refractivity contribution in [3.63, 3.8) is 0 Å². The summed E-state index contributed by atoms with van der Waals surface area (Å²) in [6.45, 7) is 18.8. The van der Waals surface area contributed by atoms with Crippen LogP contribution in [-0.4, -0.2) is 39.9 Å². The summed E-state index contributed by atoms with van der Waals surface area (Å²) in [6, 6.07) is 3.54. The van der Waals surface area contributed by atoms with Crippen LogP contribution < -0.4 is 0 Å². The van der Waals surface area contributed by atoms with E-state index in [1.165, 1.54) is 43.8 Å². The summed E-state index contributed by atoms with van der Waals surface area (Å²) in [5.41, 5.74) is 4.66. The average Bonchev–Trinajstić information content (AvgIpc) is 3.52. The SMILES string of the molecule is CC[Si](CC)(CC)O[C@H]1CC=C(CC[C@H](O[Si](C)(C)C(C)(C)C)C2CCCC2)[C@H]1CCC=C=CCC(=O)O. The van der Waals surface area contributed by atoms with Crippen LogP contribution in [0, 0.1) is 11.8 Å². The quantitative estimate of drug-likeness (QED) is 0.116. The van der Waals surface area contributed by atoms with Gasteiger partial charge >= 0.3 is 5.97 Å². The lowest BCUT2D eigenvalue weighted by molar-refractivity contribution is -0.136. The molecule has 0 heterocycles. The van der Waals surface area contributed by atoms with Gasteiger partial charge < -0.3 is 14.0 Å². The minimum absolute atomic E-state index is 0.0330. The Kier molecular flexibility index (Phi) is 13.3. The Balaban J connectivity index is 2.16. The number of carboxylic acids is 1. The second-order valence-corrected chi connectivity index (χ2v) is 22.8. The predicted octanol–water partition coefficient (Wildman–Crippen LogP) is 9.65. The molecule has 38 heavy (non-hydrogen) atoms. The molecule has 2 aliphatic rings. The second kappa shape index (κ2) is 15.2. The largest absolute Gasteiger partial charge is 0.481 e. The van der Waals surface area contributed by atoms with Gasteiger partial charge in [0.2, 0.25) is 0 Å². The number of hydrogen-bond acceptors (Lipinski definition) is 3. The summed E-state index contributed by atoms with van der Waals surface area (Å²) >= 11 is 0. The lowest BCUT2D eigenvalue weighted by Crippen LogP contribution is -2.45. The Morgan fingerprint density at radius 1 is 1.13 bits per heavy atom. The minimum Gasteiger partial charge on any atom is -0.481 e. The molecule has 0 spiro atoms. The van der Waals surface area contributed by atoms with Crippen LogP contribution in [0.3, 0.4) is 0 Å². The zero-order valence-electron chi connectivity index (χ0n) is 25.9. The van der Waals surface area contributed by atoms with Gasteiger partial charge in [0.25, 0.3) is 0 Å². The van der Waals surface area contributed by atoms with Gasteiger partial charge in [-0.15, -0.1) is 5.73 Å². The highest BCUT2D eigenvalue weighted by Crippen LogP contribution is 2.43. The molecule has 0 saturated heterocycles. The van der Waals surface area contributed by atoms with Crippen LogP contribution in [0.2, 0.25) is 36.3 Å². The molecule has 4 nitrogen and oxygen atoms in total. The molecule has 0 unspecified atom stereocenters. The summed E-state index contributed by atoms with van der Waals surface area (Å²) in [5.74, 6) is 0.345. The fraction of sp³-hybridized carbons (Fsp3) is 0.812. The van der Waals surface area contributed by atoms with Crippen molar-refractivity contribution in [1.29, 1.82) is 0 Å². The van der Waals surface area contributed by atoms with Crippen molar-refractivity contribution in [2.24, 2.45) is 11.8 Å². The molecule has 0 amide bonds. The first kappa shape index (κ1) is 33.3. The predicted molar refractivity (Wildman–Crippen MR) is 166 cm³/mol. The summed E-state index contributed by atoms with van der Waals surface area (Å²) in [5, 5.41) is 9.10. The Labute approximate surface area is 236 Å². The lowest BCUT2D eigenvalue weighted by Gasteiger charge is -2.41. The van der Waals surface area contributed by atoms with Crippen LogP contribution in [0.15, 0.2) is 29.5 Å². The first-order valence-electron chi connectivity index (χ1n) is 15.5. The van der Waals surface area contributed by atoms with Crippen molar-refractivity contribution >= 4 is 22.6 Å². The molecule has 0 bridgehead atoms. The van der Waals surface area contributed by atoms with Crippen molar-refractivity contribution in [2.45, 2.75) is 154 Å². The Hall–Kier alpha value is -0.916. The van der Waals surface area contributed by atoms with Gasteiger partial charge in [0.05, 0.1) is 12.5 Å². The van der Waals surface area contributed by atoms with Gasteiger partial charge in [-0.25, -0.2) is 0 Å².